The van der Waals surface area contributed by atoms with Crippen molar-refractivity contribution in [2.75, 3.05) is 20.3 Å². The predicted octanol–water partition coefficient (Wildman–Crippen LogP) is 1.77. The van der Waals surface area contributed by atoms with Gasteiger partial charge in [0.2, 0.25) is 0 Å². The van der Waals surface area contributed by atoms with E-state index in [1.807, 2.05) is 0 Å². The van der Waals surface area contributed by atoms with Crippen LogP contribution in [0.25, 0.3) is 16.9 Å². The highest BCUT2D eigenvalue weighted by molar-refractivity contribution is 6.30. The number of hydrogen-bond acceptors (Lipinski definition) is 6. The fourth-order valence-corrected chi connectivity index (χ4v) is 3.23. The molecule has 3 aromatic rings. The van der Waals surface area contributed by atoms with Gasteiger partial charge in [-0.25, -0.2) is 19.1 Å². The Balaban J connectivity index is 2.34. The number of rotatable bonds is 7. The lowest BCUT2D eigenvalue weighted by Crippen LogP contribution is -2.41. The van der Waals surface area contributed by atoms with Gasteiger partial charge in [0.25, 0.3) is 5.56 Å². The van der Waals surface area contributed by atoms with Gasteiger partial charge in [-0.2, -0.15) is 0 Å². The van der Waals surface area contributed by atoms with Crippen molar-refractivity contribution in [2.45, 2.75) is 26.4 Å². The molecule has 9 nitrogen and oxygen atoms in total. The Morgan fingerprint density at radius 1 is 1.31 bits per heavy atom. The van der Waals surface area contributed by atoms with Crippen molar-refractivity contribution in [1.82, 2.24) is 18.7 Å². The van der Waals surface area contributed by atoms with E-state index in [9.17, 15) is 14.4 Å². The molecule has 0 N–H and O–H groups in total. The zero-order valence-corrected chi connectivity index (χ0v) is 17.0. The second-order valence-electron chi connectivity index (χ2n) is 6.30. The number of fused-ring (bicyclic) bond motifs is 1. The number of hydrogen-bond donors (Lipinski definition) is 0. The normalized spacial score (nSPS) is 12.3. The highest BCUT2D eigenvalue weighted by Gasteiger charge is 2.24. The summed E-state index contributed by atoms with van der Waals surface area (Å²) in [5.41, 5.74) is -0.439. The molecular weight excluding hydrogens is 400 g/mol. The van der Waals surface area contributed by atoms with Gasteiger partial charge in [-0.3, -0.25) is 9.36 Å². The van der Waals surface area contributed by atoms with Gasteiger partial charge in [0.1, 0.15) is 6.04 Å². The lowest BCUT2D eigenvalue weighted by atomic mass is 10.3. The molecular formula is C19H21ClN4O5. The van der Waals surface area contributed by atoms with Gasteiger partial charge in [0.15, 0.2) is 11.2 Å². The number of ether oxygens (including phenoxy) is 2. The molecule has 0 radical (unpaired) electrons. The zero-order chi connectivity index (χ0) is 21.1. The van der Waals surface area contributed by atoms with E-state index in [0.717, 1.165) is 4.57 Å². The number of nitrogens with zero attached hydrogens (tertiary/aromatic N) is 4. The molecule has 154 valence electrons. The van der Waals surface area contributed by atoms with Crippen LogP contribution in [0.4, 0.5) is 0 Å². The van der Waals surface area contributed by atoms with E-state index < -0.39 is 23.3 Å². The van der Waals surface area contributed by atoms with E-state index in [2.05, 4.69) is 4.98 Å². The van der Waals surface area contributed by atoms with Crippen molar-refractivity contribution in [1.29, 1.82) is 0 Å². The number of carbonyl (C=O) groups excluding carboxylic acids is 1. The maximum Gasteiger partial charge on any atom is 0.337 e. The number of benzene rings is 1. The Hall–Kier alpha value is -2.91. The van der Waals surface area contributed by atoms with Crippen molar-refractivity contribution in [3.05, 3.63) is 56.5 Å². The van der Waals surface area contributed by atoms with Crippen molar-refractivity contribution < 1.29 is 14.3 Å². The summed E-state index contributed by atoms with van der Waals surface area (Å²) in [4.78, 5) is 42.7. The van der Waals surface area contributed by atoms with Gasteiger partial charge in [-0.15, -0.1) is 0 Å². The van der Waals surface area contributed by atoms with Gasteiger partial charge in [-0.1, -0.05) is 17.7 Å². The molecule has 0 aliphatic heterocycles. The van der Waals surface area contributed by atoms with Crippen LogP contribution in [-0.4, -0.2) is 45.0 Å². The lowest BCUT2D eigenvalue weighted by Gasteiger charge is -2.15. The molecule has 0 aliphatic carbocycles. The van der Waals surface area contributed by atoms with Crippen molar-refractivity contribution in [3.8, 4) is 5.69 Å². The quantitative estimate of drug-likeness (QED) is 0.540. The molecule has 0 aliphatic rings. The molecule has 0 amide bonds. The monoisotopic (exact) mass is 420 g/mol. The van der Waals surface area contributed by atoms with Crippen LogP contribution < -0.4 is 11.2 Å². The number of halogens is 1. The molecule has 0 spiro atoms. The Morgan fingerprint density at radius 3 is 2.72 bits per heavy atom. The third-order valence-electron chi connectivity index (χ3n) is 4.49. The van der Waals surface area contributed by atoms with Crippen LogP contribution in [0, 0.1) is 0 Å². The predicted molar refractivity (Wildman–Crippen MR) is 108 cm³/mol. The summed E-state index contributed by atoms with van der Waals surface area (Å²) in [6.07, 6.45) is 1.36. The van der Waals surface area contributed by atoms with Crippen LogP contribution in [-0.2, 0) is 20.8 Å². The average molecular weight is 421 g/mol. The fraction of sp³-hybridized carbons (Fsp3) is 0.368. The van der Waals surface area contributed by atoms with Crippen LogP contribution in [0.2, 0.25) is 5.02 Å². The van der Waals surface area contributed by atoms with Crippen molar-refractivity contribution in [3.63, 3.8) is 0 Å². The minimum atomic E-state index is -0.797. The van der Waals surface area contributed by atoms with Crippen molar-refractivity contribution in [2.24, 2.45) is 0 Å². The first kappa shape index (κ1) is 20.8. The molecule has 1 aromatic carbocycles. The number of aromatic nitrogens is 4. The Morgan fingerprint density at radius 2 is 2.07 bits per heavy atom. The summed E-state index contributed by atoms with van der Waals surface area (Å²) in [6, 6.07) is 5.86. The summed E-state index contributed by atoms with van der Waals surface area (Å²) in [5, 5.41) is 0.427. The second kappa shape index (κ2) is 8.62. The standard InChI is InChI=1S/C19H21ClN4O5/c1-4-29-18(26)12(2)23-11-21-16-15(23)17(25)22(8-9-28-3)19(27)24(16)14-7-5-6-13(20)10-14/h5-7,10-12H,4,8-9H2,1-3H3/t12-/m0/s1. The SMILES string of the molecule is CCOC(=O)[C@H](C)n1cnc2c1c(=O)n(CCOC)c(=O)n2-c1cccc(Cl)c1. The highest BCUT2D eigenvalue weighted by Crippen LogP contribution is 2.19. The van der Waals surface area contributed by atoms with Crippen LogP contribution in [0.1, 0.15) is 19.9 Å². The summed E-state index contributed by atoms with van der Waals surface area (Å²) < 4.78 is 13.9. The molecule has 2 aromatic heterocycles. The van der Waals surface area contributed by atoms with Gasteiger partial charge >= 0.3 is 11.7 Å². The summed E-state index contributed by atoms with van der Waals surface area (Å²) in [7, 11) is 1.48. The minimum Gasteiger partial charge on any atom is -0.464 e. The lowest BCUT2D eigenvalue weighted by molar-refractivity contribution is -0.146. The first-order valence-electron chi connectivity index (χ1n) is 9.04. The maximum absolute atomic E-state index is 13.1. The molecule has 0 unspecified atom stereocenters. The Bertz CT molecular complexity index is 1160. The van der Waals surface area contributed by atoms with Crippen LogP contribution in [0.3, 0.4) is 0 Å². The maximum atomic E-state index is 13.1. The minimum absolute atomic E-state index is 0.0453. The van der Waals surface area contributed by atoms with Crippen LogP contribution in [0.5, 0.6) is 0 Å². The van der Waals surface area contributed by atoms with Gasteiger partial charge in [0, 0.05) is 12.1 Å². The molecule has 1 atom stereocenters. The van der Waals surface area contributed by atoms with E-state index in [-0.39, 0.29) is 30.9 Å². The largest absolute Gasteiger partial charge is 0.464 e. The summed E-state index contributed by atoms with van der Waals surface area (Å²) in [5.74, 6) is -0.504. The zero-order valence-electron chi connectivity index (χ0n) is 16.3. The molecule has 3 rings (SSSR count). The molecule has 0 fully saturated rings. The molecule has 29 heavy (non-hydrogen) atoms. The summed E-state index contributed by atoms with van der Waals surface area (Å²) in [6.45, 7) is 3.72. The Labute approximate surface area is 171 Å². The van der Waals surface area contributed by atoms with E-state index in [4.69, 9.17) is 21.1 Å². The number of methoxy groups -OCH3 is 1. The first-order chi connectivity index (χ1) is 13.9. The average Bonchev–Trinajstić information content (AvgIpc) is 3.12. The highest BCUT2D eigenvalue weighted by atomic mass is 35.5. The molecule has 10 heteroatoms. The summed E-state index contributed by atoms with van der Waals surface area (Å²) >= 11 is 6.09. The van der Waals surface area contributed by atoms with Crippen molar-refractivity contribution >= 4 is 28.7 Å². The fourth-order valence-electron chi connectivity index (χ4n) is 3.04. The van der Waals surface area contributed by atoms with Gasteiger partial charge in [-0.05, 0) is 32.0 Å². The smallest absolute Gasteiger partial charge is 0.337 e. The third-order valence-corrected chi connectivity index (χ3v) is 4.72. The number of esters is 1. The van der Waals surface area contributed by atoms with E-state index in [1.165, 1.54) is 22.6 Å². The third kappa shape index (κ3) is 3.83. The molecule has 0 saturated carbocycles. The van der Waals surface area contributed by atoms with E-state index in [0.29, 0.717) is 10.7 Å². The number of carbonyl (C=O) groups is 1. The Kier molecular flexibility index (Phi) is 6.19. The number of imidazole rings is 1. The van der Waals surface area contributed by atoms with Crippen LogP contribution >= 0.6 is 11.6 Å². The van der Waals surface area contributed by atoms with Gasteiger partial charge in [0.05, 0.1) is 31.8 Å². The topological polar surface area (TPSA) is 97.4 Å². The molecule has 0 saturated heterocycles. The van der Waals surface area contributed by atoms with E-state index in [1.54, 1.807) is 38.1 Å². The second-order valence-corrected chi connectivity index (χ2v) is 6.74. The molecule has 2 heterocycles. The van der Waals surface area contributed by atoms with Gasteiger partial charge < -0.3 is 14.0 Å². The molecule has 0 bridgehead atoms. The van der Waals surface area contributed by atoms with Crippen LogP contribution in [0.15, 0.2) is 40.2 Å². The van der Waals surface area contributed by atoms with E-state index >= 15 is 0 Å². The first-order valence-corrected chi connectivity index (χ1v) is 9.42.